The van der Waals surface area contributed by atoms with E-state index in [0.717, 1.165) is 38.5 Å². The summed E-state index contributed by atoms with van der Waals surface area (Å²) in [6.07, 6.45) is 1.18. The molecular weight excluding hydrogens is 344 g/mol. The first kappa shape index (κ1) is 20.3. The second-order valence-corrected chi connectivity index (χ2v) is 8.37. The van der Waals surface area contributed by atoms with Gasteiger partial charge in [-0.2, -0.15) is 0 Å². The fourth-order valence-corrected chi connectivity index (χ4v) is 4.18. The highest BCUT2D eigenvalue weighted by molar-refractivity contribution is 5.91. The minimum Gasteiger partial charge on any atom is -0.455 e. The fraction of sp³-hybridized carbons (Fsp3) is 0.750. The molecular formula is C20H34N4O3. The Bertz CT molecular complexity index is 618. The summed E-state index contributed by atoms with van der Waals surface area (Å²) in [6.45, 7) is 7.45. The molecule has 3 rings (SSSR count). The maximum atomic E-state index is 12.9. The number of amides is 1. The van der Waals surface area contributed by atoms with Crippen molar-refractivity contribution in [3.05, 3.63) is 23.7 Å². The Hall–Kier alpha value is -1.41. The van der Waals surface area contributed by atoms with Gasteiger partial charge in [-0.1, -0.05) is 0 Å². The first-order chi connectivity index (χ1) is 13.0. The minimum absolute atomic E-state index is 0.0587. The summed E-state index contributed by atoms with van der Waals surface area (Å²) in [5.41, 5.74) is 0. The Kier molecular flexibility index (Phi) is 6.92. The molecule has 0 spiro atoms. The zero-order chi connectivity index (χ0) is 19.4. The minimum atomic E-state index is -0.0587. The molecule has 0 radical (unpaired) electrons. The largest absolute Gasteiger partial charge is 0.455 e. The van der Waals surface area contributed by atoms with Gasteiger partial charge in [-0.15, -0.1) is 0 Å². The van der Waals surface area contributed by atoms with Gasteiger partial charge in [-0.3, -0.25) is 4.79 Å². The molecule has 3 heterocycles. The molecule has 7 heteroatoms. The molecule has 2 fully saturated rings. The van der Waals surface area contributed by atoms with Crippen molar-refractivity contribution < 1.29 is 14.3 Å². The lowest BCUT2D eigenvalue weighted by Gasteiger charge is -2.26. The van der Waals surface area contributed by atoms with E-state index < -0.39 is 0 Å². The quantitative estimate of drug-likeness (QED) is 0.785. The summed E-state index contributed by atoms with van der Waals surface area (Å²) in [6, 6.07) is 3.64. The molecule has 1 aromatic heterocycles. The summed E-state index contributed by atoms with van der Waals surface area (Å²) in [5.74, 6) is 1.60. The van der Waals surface area contributed by atoms with Crippen LogP contribution in [-0.2, 0) is 6.54 Å². The normalized spacial score (nSPS) is 25.3. The number of aliphatic hydroxyl groups excluding tert-OH is 1. The van der Waals surface area contributed by atoms with Crippen LogP contribution in [0.25, 0.3) is 0 Å². The number of carbonyl (C=O) groups is 1. The number of rotatable bonds is 6. The number of likely N-dealkylation sites (tertiary alicyclic amines) is 1. The standard InChI is InChI=1S/C20H34N4O3/c1-21(2)14-18-5-6-19(27-18)20(26)24-12-16(17(13-24)15-25)11-23-8-4-7-22(3)9-10-23/h5-6,16-17,25H,4,7-15H2,1-3H3/t16-,17-/m1/s1. The number of likely N-dealkylation sites (N-methyl/N-ethyl adjacent to an activating group) is 1. The van der Waals surface area contributed by atoms with Crippen molar-refractivity contribution in [2.45, 2.75) is 13.0 Å². The van der Waals surface area contributed by atoms with Gasteiger partial charge in [0.2, 0.25) is 0 Å². The van der Waals surface area contributed by atoms with Gasteiger partial charge in [0.1, 0.15) is 5.76 Å². The van der Waals surface area contributed by atoms with Crippen LogP contribution in [0, 0.1) is 11.8 Å². The predicted octanol–water partition coefficient (Wildman–Crippen LogP) is 0.659. The molecule has 2 aliphatic heterocycles. The Morgan fingerprint density at radius 3 is 2.70 bits per heavy atom. The SMILES string of the molecule is CN(C)Cc1ccc(C(=O)N2C[C@@H](CN3CCCN(C)CC3)[C@@H](CO)C2)o1. The van der Waals surface area contributed by atoms with Gasteiger partial charge in [0.15, 0.2) is 5.76 Å². The molecule has 1 amide bonds. The molecule has 0 aromatic carbocycles. The molecule has 1 aromatic rings. The molecule has 2 saturated heterocycles. The van der Waals surface area contributed by atoms with E-state index in [2.05, 4.69) is 16.8 Å². The van der Waals surface area contributed by atoms with Crippen LogP contribution in [0.5, 0.6) is 0 Å². The molecule has 152 valence electrons. The highest BCUT2D eigenvalue weighted by atomic mass is 16.4. The maximum absolute atomic E-state index is 12.9. The van der Waals surface area contributed by atoms with E-state index in [1.807, 2.05) is 30.0 Å². The van der Waals surface area contributed by atoms with E-state index in [1.165, 1.54) is 6.42 Å². The van der Waals surface area contributed by atoms with Gasteiger partial charge in [0.05, 0.1) is 6.54 Å². The highest BCUT2D eigenvalue weighted by Crippen LogP contribution is 2.26. The van der Waals surface area contributed by atoms with Gasteiger partial charge in [-0.25, -0.2) is 0 Å². The molecule has 0 aliphatic carbocycles. The van der Waals surface area contributed by atoms with Crippen molar-refractivity contribution in [2.75, 3.05) is 73.6 Å². The first-order valence-electron chi connectivity index (χ1n) is 10.0. The molecule has 0 saturated carbocycles. The smallest absolute Gasteiger partial charge is 0.289 e. The molecule has 0 unspecified atom stereocenters. The Morgan fingerprint density at radius 1 is 1.19 bits per heavy atom. The summed E-state index contributed by atoms with van der Waals surface area (Å²) in [4.78, 5) is 21.6. The van der Waals surface area contributed by atoms with Crippen LogP contribution < -0.4 is 0 Å². The second-order valence-electron chi connectivity index (χ2n) is 8.37. The molecule has 0 bridgehead atoms. The summed E-state index contributed by atoms with van der Waals surface area (Å²) >= 11 is 0. The molecule has 2 atom stereocenters. The van der Waals surface area contributed by atoms with Gasteiger partial charge in [0, 0.05) is 45.2 Å². The van der Waals surface area contributed by atoms with E-state index in [-0.39, 0.29) is 18.4 Å². The van der Waals surface area contributed by atoms with Crippen molar-refractivity contribution in [3.8, 4) is 0 Å². The van der Waals surface area contributed by atoms with Crippen molar-refractivity contribution in [2.24, 2.45) is 11.8 Å². The average molecular weight is 379 g/mol. The van der Waals surface area contributed by atoms with E-state index in [9.17, 15) is 9.90 Å². The number of nitrogens with zero attached hydrogens (tertiary/aromatic N) is 4. The number of aliphatic hydroxyl groups is 1. The second kappa shape index (κ2) is 9.19. The van der Waals surface area contributed by atoms with Crippen molar-refractivity contribution in [1.82, 2.24) is 19.6 Å². The van der Waals surface area contributed by atoms with Gasteiger partial charge in [0.25, 0.3) is 5.91 Å². The fourth-order valence-electron chi connectivity index (χ4n) is 4.18. The van der Waals surface area contributed by atoms with Crippen LogP contribution in [-0.4, -0.2) is 104 Å². The zero-order valence-electron chi connectivity index (χ0n) is 16.9. The number of hydrogen-bond acceptors (Lipinski definition) is 6. The van der Waals surface area contributed by atoms with E-state index in [4.69, 9.17) is 4.42 Å². The zero-order valence-corrected chi connectivity index (χ0v) is 16.9. The van der Waals surface area contributed by atoms with E-state index >= 15 is 0 Å². The summed E-state index contributed by atoms with van der Waals surface area (Å²) in [7, 11) is 6.12. The van der Waals surface area contributed by atoms with Crippen LogP contribution in [0.2, 0.25) is 0 Å². The number of hydrogen-bond donors (Lipinski definition) is 1. The van der Waals surface area contributed by atoms with Crippen LogP contribution in [0.3, 0.4) is 0 Å². The summed E-state index contributed by atoms with van der Waals surface area (Å²) in [5, 5.41) is 9.84. The Balaban J connectivity index is 1.59. The van der Waals surface area contributed by atoms with Crippen LogP contribution in [0.15, 0.2) is 16.5 Å². The van der Waals surface area contributed by atoms with Crippen LogP contribution in [0.1, 0.15) is 22.7 Å². The van der Waals surface area contributed by atoms with Crippen molar-refractivity contribution in [1.29, 1.82) is 0 Å². The number of carbonyl (C=O) groups excluding carboxylic acids is 1. The third-order valence-corrected chi connectivity index (χ3v) is 5.75. The van der Waals surface area contributed by atoms with Crippen LogP contribution in [0.4, 0.5) is 0 Å². The lowest BCUT2D eigenvalue weighted by atomic mass is 9.96. The molecule has 1 N–H and O–H groups in total. The van der Waals surface area contributed by atoms with Crippen molar-refractivity contribution >= 4 is 5.91 Å². The van der Waals surface area contributed by atoms with Crippen molar-refractivity contribution in [3.63, 3.8) is 0 Å². The van der Waals surface area contributed by atoms with Gasteiger partial charge >= 0.3 is 0 Å². The summed E-state index contributed by atoms with van der Waals surface area (Å²) < 4.78 is 5.74. The first-order valence-corrected chi connectivity index (χ1v) is 10.0. The third kappa shape index (κ3) is 5.31. The highest BCUT2D eigenvalue weighted by Gasteiger charge is 2.37. The monoisotopic (exact) mass is 378 g/mol. The topological polar surface area (TPSA) is 63.4 Å². The predicted molar refractivity (Wildman–Crippen MR) is 105 cm³/mol. The van der Waals surface area contributed by atoms with E-state index in [0.29, 0.717) is 31.3 Å². The van der Waals surface area contributed by atoms with Gasteiger partial charge in [-0.05, 0) is 58.7 Å². The molecule has 7 nitrogen and oxygen atoms in total. The lowest BCUT2D eigenvalue weighted by molar-refractivity contribution is 0.0744. The average Bonchev–Trinajstić information content (AvgIpc) is 3.19. The third-order valence-electron chi connectivity index (χ3n) is 5.75. The Labute approximate surface area is 162 Å². The maximum Gasteiger partial charge on any atom is 0.289 e. The van der Waals surface area contributed by atoms with E-state index in [1.54, 1.807) is 6.07 Å². The van der Waals surface area contributed by atoms with Crippen LogP contribution >= 0.6 is 0 Å². The molecule has 2 aliphatic rings. The van der Waals surface area contributed by atoms with Gasteiger partial charge < -0.3 is 29.1 Å². The lowest BCUT2D eigenvalue weighted by Crippen LogP contribution is -2.36. The Morgan fingerprint density at radius 2 is 1.96 bits per heavy atom. The number of furan rings is 1. The molecule has 27 heavy (non-hydrogen) atoms.